The van der Waals surface area contributed by atoms with Gasteiger partial charge in [-0.2, -0.15) is 8.42 Å². The van der Waals surface area contributed by atoms with Crippen LogP contribution in [-0.4, -0.2) is 13.0 Å². The lowest BCUT2D eigenvalue weighted by Crippen LogP contribution is -2.04. The van der Waals surface area contributed by atoms with Gasteiger partial charge in [-0.25, -0.2) is 0 Å². The second-order valence-corrected chi connectivity index (χ2v) is 4.56. The molecule has 2 aromatic rings. The second kappa shape index (κ2) is 3.66. The van der Waals surface area contributed by atoms with Crippen LogP contribution in [0.4, 0.5) is 5.69 Å². The van der Waals surface area contributed by atoms with Crippen molar-refractivity contribution in [2.24, 2.45) is 0 Å². The van der Waals surface area contributed by atoms with E-state index in [9.17, 15) is 8.42 Å². The minimum absolute atomic E-state index is 0.0278. The first-order chi connectivity index (χ1) is 7.50. The molecule has 0 atom stereocenters. The average Bonchev–Trinajstić information content (AvgIpc) is 2.69. The lowest BCUT2D eigenvalue weighted by atomic mass is 10.1. The van der Waals surface area contributed by atoms with Crippen LogP contribution in [0.5, 0.6) is 0 Å². The van der Waals surface area contributed by atoms with Crippen molar-refractivity contribution in [3.8, 4) is 11.3 Å². The standard InChI is InChI=1S/C10H9NO4S/c11-10-7(8-4-2-6-15-8)3-1-5-9(10)16(12,13)14/h1-6H,11H2,(H,12,13,14). The van der Waals surface area contributed by atoms with Crippen LogP contribution in [-0.2, 0) is 10.1 Å². The summed E-state index contributed by atoms with van der Waals surface area (Å²) in [6.07, 6.45) is 1.45. The quantitative estimate of drug-likeness (QED) is 0.615. The van der Waals surface area contributed by atoms with Gasteiger partial charge in [0.2, 0.25) is 0 Å². The Morgan fingerprint density at radius 3 is 2.50 bits per heavy atom. The number of hydrogen-bond acceptors (Lipinski definition) is 4. The van der Waals surface area contributed by atoms with Gasteiger partial charge in [-0.3, -0.25) is 4.55 Å². The van der Waals surface area contributed by atoms with E-state index in [2.05, 4.69) is 0 Å². The molecule has 0 spiro atoms. The summed E-state index contributed by atoms with van der Waals surface area (Å²) in [6.45, 7) is 0. The van der Waals surface area contributed by atoms with E-state index in [4.69, 9.17) is 14.7 Å². The zero-order chi connectivity index (χ0) is 11.8. The Kier molecular flexibility index (Phi) is 2.45. The maximum Gasteiger partial charge on any atom is 0.296 e. The molecule has 0 unspecified atom stereocenters. The lowest BCUT2D eigenvalue weighted by Gasteiger charge is -2.06. The van der Waals surface area contributed by atoms with Crippen molar-refractivity contribution in [1.82, 2.24) is 0 Å². The zero-order valence-electron chi connectivity index (χ0n) is 8.12. The average molecular weight is 239 g/mol. The second-order valence-electron chi connectivity index (χ2n) is 3.17. The molecule has 0 fully saturated rings. The molecule has 0 saturated heterocycles. The van der Waals surface area contributed by atoms with Gasteiger partial charge in [-0.05, 0) is 24.3 Å². The Labute approximate surface area is 92.3 Å². The summed E-state index contributed by atoms with van der Waals surface area (Å²) in [5.41, 5.74) is 6.06. The number of para-hydroxylation sites is 1. The zero-order valence-corrected chi connectivity index (χ0v) is 8.94. The molecule has 1 aromatic heterocycles. The van der Waals surface area contributed by atoms with Crippen molar-refractivity contribution >= 4 is 15.8 Å². The van der Waals surface area contributed by atoms with Gasteiger partial charge < -0.3 is 10.2 Å². The van der Waals surface area contributed by atoms with Crippen LogP contribution in [0.1, 0.15) is 0 Å². The summed E-state index contributed by atoms with van der Waals surface area (Å²) in [7, 11) is -4.31. The number of anilines is 1. The SMILES string of the molecule is Nc1c(-c2ccco2)cccc1S(=O)(=O)O. The maximum atomic E-state index is 11.0. The number of benzene rings is 1. The molecule has 3 N–H and O–H groups in total. The predicted octanol–water partition coefficient (Wildman–Crippen LogP) is 1.78. The summed E-state index contributed by atoms with van der Waals surface area (Å²) in [5.74, 6) is 0.447. The first kappa shape index (κ1) is 10.7. The first-order valence-electron chi connectivity index (χ1n) is 4.40. The van der Waals surface area contributed by atoms with Crippen LogP contribution in [0, 0.1) is 0 Å². The van der Waals surface area contributed by atoms with Crippen molar-refractivity contribution < 1.29 is 17.4 Å². The molecule has 16 heavy (non-hydrogen) atoms. The molecule has 84 valence electrons. The fraction of sp³-hybridized carbons (Fsp3) is 0. The molecule has 2 rings (SSSR count). The van der Waals surface area contributed by atoms with Gasteiger partial charge in [0.1, 0.15) is 10.7 Å². The molecule has 0 aliphatic heterocycles. The molecule has 6 heteroatoms. The normalized spacial score (nSPS) is 11.6. The third kappa shape index (κ3) is 1.80. The summed E-state index contributed by atoms with van der Waals surface area (Å²) in [5, 5.41) is 0. The summed E-state index contributed by atoms with van der Waals surface area (Å²) < 4.78 is 36.1. The highest BCUT2D eigenvalue weighted by atomic mass is 32.2. The molecule has 0 aliphatic carbocycles. The highest BCUT2D eigenvalue weighted by molar-refractivity contribution is 7.86. The Hall–Kier alpha value is -1.79. The van der Waals surface area contributed by atoms with Crippen molar-refractivity contribution in [3.05, 3.63) is 36.6 Å². The molecular formula is C10H9NO4S. The molecule has 0 bridgehead atoms. The van der Waals surface area contributed by atoms with Crippen LogP contribution in [0.25, 0.3) is 11.3 Å². The number of rotatable bonds is 2. The lowest BCUT2D eigenvalue weighted by molar-refractivity contribution is 0.483. The Balaban J connectivity index is 2.67. The topological polar surface area (TPSA) is 93.5 Å². The van der Waals surface area contributed by atoms with Crippen molar-refractivity contribution in [1.29, 1.82) is 0 Å². The van der Waals surface area contributed by atoms with E-state index in [1.54, 1.807) is 18.2 Å². The van der Waals surface area contributed by atoms with Gasteiger partial charge in [-0.15, -0.1) is 0 Å². The van der Waals surface area contributed by atoms with E-state index in [1.807, 2.05) is 0 Å². The number of nitrogen functional groups attached to an aromatic ring is 1. The van der Waals surface area contributed by atoms with Crippen LogP contribution in [0.3, 0.4) is 0 Å². The third-order valence-corrected chi connectivity index (χ3v) is 3.04. The van der Waals surface area contributed by atoms with Crippen LogP contribution in [0.2, 0.25) is 0 Å². The fourth-order valence-electron chi connectivity index (χ4n) is 1.42. The minimum atomic E-state index is -4.31. The third-order valence-electron chi connectivity index (χ3n) is 2.13. The van der Waals surface area contributed by atoms with E-state index < -0.39 is 10.1 Å². The first-order valence-corrected chi connectivity index (χ1v) is 5.84. The highest BCUT2D eigenvalue weighted by Crippen LogP contribution is 2.30. The minimum Gasteiger partial charge on any atom is -0.464 e. The number of hydrogen-bond donors (Lipinski definition) is 2. The van der Waals surface area contributed by atoms with Gasteiger partial charge >= 0.3 is 0 Å². The van der Waals surface area contributed by atoms with Crippen LogP contribution in [0.15, 0.2) is 45.9 Å². The maximum absolute atomic E-state index is 11.0. The molecule has 0 amide bonds. The van der Waals surface area contributed by atoms with Crippen LogP contribution < -0.4 is 5.73 Å². The summed E-state index contributed by atoms with van der Waals surface area (Å²) in [6, 6.07) is 7.64. The molecule has 1 aromatic carbocycles. The molecule has 0 saturated carbocycles. The largest absolute Gasteiger partial charge is 0.464 e. The molecule has 0 radical (unpaired) electrons. The van der Waals surface area contributed by atoms with Crippen LogP contribution >= 0.6 is 0 Å². The van der Waals surface area contributed by atoms with Gasteiger partial charge in [-0.1, -0.05) is 6.07 Å². The smallest absolute Gasteiger partial charge is 0.296 e. The Bertz CT molecular complexity index is 602. The van der Waals surface area contributed by atoms with Gasteiger partial charge in [0.25, 0.3) is 10.1 Å². The van der Waals surface area contributed by atoms with Crippen molar-refractivity contribution in [2.75, 3.05) is 5.73 Å². The van der Waals surface area contributed by atoms with Gasteiger partial charge in [0.05, 0.1) is 12.0 Å². The summed E-state index contributed by atoms with van der Waals surface area (Å²) >= 11 is 0. The van der Waals surface area contributed by atoms with E-state index >= 15 is 0 Å². The number of furan rings is 1. The fourth-order valence-corrected chi connectivity index (χ4v) is 2.05. The monoisotopic (exact) mass is 239 g/mol. The molecule has 1 heterocycles. The molecule has 0 aliphatic rings. The van der Waals surface area contributed by atoms with E-state index in [1.165, 1.54) is 18.4 Å². The van der Waals surface area contributed by atoms with Gasteiger partial charge in [0.15, 0.2) is 0 Å². The highest BCUT2D eigenvalue weighted by Gasteiger charge is 2.17. The Morgan fingerprint density at radius 2 is 1.94 bits per heavy atom. The Morgan fingerprint density at radius 1 is 1.19 bits per heavy atom. The summed E-state index contributed by atoms with van der Waals surface area (Å²) in [4.78, 5) is -0.318. The predicted molar refractivity (Wildman–Crippen MR) is 58.4 cm³/mol. The van der Waals surface area contributed by atoms with Crippen molar-refractivity contribution in [3.63, 3.8) is 0 Å². The molecular weight excluding hydrogens is 230 g/mol. The number of nitrogens with two attached hydrogens (primary N) is 1. The molecule has 5 nitrogen and oxygen atoms in total. The van der Waals surface area contributed by atoms with E-state index in [0.29, 0.717) is 11.3 Å². The van der Waals surface area contributed by atoms with E-state index in [-0.39, 0.29) is 10.6 Å². The van der Waals surface area contributed by atoms with Gasteiger partial charge in [0, 0.05) is 5.56 Å². The van der Waals surface area contributed by atoms with Crippen molar-refractivity contribution in [2.45, 2.75) is 4.90 Å². The van der Waals surface area contributed by atoms with E-state index in [0.717, 1.165) is 0 Å².